The van der Waals surface area contributed by atoms with Crippen molar-refractivity contribution >= 4 is 22.6 Å². The van der Waals surface area contributed by atoms with Crippen LogP contribution in [0.1, 0.15) is 36.0 Å². The lowest BCUT2D eigenvalue weighted by molar-refractivity contribution is -0.140. The van der Waals surface area contributed by atoms with Gasteiger partial charge >= 0.3 is 0 Å². The standard InChI is InChI=1S/C23H27N3O3/c1-24-20(28)22-13-21(14-22,29-23(22)8-10-25-11-9-23)15-26-19(27)18-7-6-16-4-2-3-5-17(16)12-18/h2-7,12,25H,8-11,13-15H2,1H3,(H,24,28)(H,26,27). The van der Waals surface area contributed by atoms with Crippen molar-refractivity contribution in [2.75, 3.05) is 26.7 Å². The summed E-state index contributed by atoms with van der Waals surface area (Å²) in [6, 6.07) is 13.8. The highest BCUT2D eigenvalue weighted by Gasteiger charge is 2.77. The summed E-state index contributed by atoms with van der Waals surface area (Å²) in [6.45, 7) is 2.16. The average molecular weight is 393 g/mol. The molecule has 0 radical (unpaired) electrons. The number of hydrogen-bond donors (Lipinski definition) is 3. The predicted molar refractivity (Wildman–Crippen MR) is 111 cm³/mol. The zero-order valence-corrected chi connectivity index (χ0v) is 16.7. The van der Waals surface area contributed by atoms with E-state index in [0.717, 1.165) is 36.7 Å². The number of carbonyl (C=O) groups is 2. The third-order valence-electron chi connectivity index (χ3n) is 7.19. The molecule has 1 saturated carbocycles. The van der Waals surface area contributed by atoms with E-state index in [-0.39, 0.29) is 11.8 Å². The number of amides is 2. The van der Waals surface area contributed by atoms with Crippen LogP contribution in [0.5, 0.6) is 0 Å². The summed E-state index contributed by atoms with van der Waals surface area (Å²) >= 11 is 0. The summed E-state index contributed by atoms with van der Waals surface area (Å²) < 4.78 is 6.62. The second-order valence-corrected chi connectivity index (χ2v) is 8.79. The molecule has 6 nitrogen and oxygen atoms in total. The summed E-state index contributed by atoms with van der Waals surface area (Å²) in [5.41, 5.74) is -0.661. The molecular formula is C23H27N3O3. The Kier molecular flexibility index (Phi) is 4.19. The van der Waals surface area contributed by atoms with Crippen LogP contribution in [0.2, 0.25) is 0 Å². The van der Waals surface area contributed by atoms with Crippen molar-refractivity contribution in [3.05, 3.63) is 48.0 Å². The van der Waals surface area contributed by atoms with E-state index in [9.17, 15) is 9.59 Å². The minimum Gasteiger partial charge on any atom is -0.365 e. The number of carbonyl (C=O) groups excluding carboxylic acids is 2. The topological polar surface area (TPSA) is 79.5 Å². The number of benzene rings is 2. The third-order valence-corrected chi connectivity index (χ3v) is 7.19. The van der Waals surface area contributed by atoms with E-state index in [1.807, 2.05) is 42.5 Å². The van der Waals surface area contributed by atoms with Crippen LogP contribution in [0, 0.1) is 5.41 Å². The van der Waals surface area contributed by atoms with Gasteiger partial charge in [-0.1, -0.05) is 30.3 Å². The maximum absolute atomic E-state index is 12.8. The smallest absolute Gasteiger partial charge is 0.251 e. The zero-order valence-electron chi connectivity index (χ0n) is 16.7. The summed E-state index contributed by atoms with van der Waals surface area (Å²) in [6.07, 6.45) is 3.02. The maximum Gasteiger partial charge on any atom is 0.251 e. The molecule has 4 aliphatic rings. The van der Waals surface area contributed by atoms with Gasteiger partial charge < -0.3 is 20.7 Å². The molecule has 0 aromatic heterocycles. The molecule has 6 heteroatoms. The van der Waals surface area contributed by atoms with Gasteiger partial charge in [0.25, 0.3) is 5.91 Å². The van der Waals surface area contributed by atoms with Crippen LogP contribution in [0.15, 0.2) is 42.5 Å². The van der Waals surface area contributed by atoms with Crippen LogP contribution in [0.4, 0.5) is 0 Å². The predicted octanol–water partition coefficient (Wildman–Crippen LogP) is 1.99. The summed E-state index contributed by atoms with van der Waals surface area (Å²) in [5.74, 6) is -0.0224. The molecule has 29 heavy (non-hydrogen) atoms. The number of piperidine rings is 1. The normalized spacial score (nSPS) is 29.4. The highest BCUT2D eigenvalue weighted by molar-refractivity contribution is 5.98. The highest BCUT2D eigenvalue weighted by Crippen LogP contribution is 2.68. The highest BCUT2D eigenvalue weighted by atomic mass is 16.5. The van der Waals surface area contributed by atoms with Crippen molar-refractivity contribution in [2.45, 2.75) is 36.9 Å². The minimum absolute atomic E-state index is 0.0772. The molecule has 3 heterocycles. The number of fused-ring (bicyclic) bond motifs is 1. The Bertz CT molecular complexity index is 974. The molecule has 3 saturated heterocycles. The quantitative estimate of drug-likeness (QED) is 0.742. The Balaban J connectivity index is 1.32. The fourth-order valence-electron chi connectivity index (χ4n) is 5.81. The zero-order chi connectivity index (χ0) is 20.1. The molecule has 1 spiro atoms. The van der Waals surface area contributed by atoms with Gasteiger partial charge in [-0.05, 0) is 61.7 Å². The number of rotatable bonds is 4. The molecule has 4 fully saturated rings. The molecule has 6 rings (SSSR count). The fourth-order valence-corrected chi connectivity index (χ4v) is 5.81. The van der Waals surface area contributed by atoms with Gasteiger partial charge in [0.2, 0.25) is 5.91 Å². The molecule has 3 N–H and O–H groups in total. The van der Waals surface area contributed by atoms with E-state index in [0.29, 0.717) is 24.9 Å². The molecule has 2 bridgehead atoms. The van der Waals surface area contributed by atoms with Crippen LogP contribution in [0.3, 0.4) is 0 Å². The van der Waals surface area contributed by atoms with Gasteiger partial charge in [0.15, 0.2) is 0 Å². The third kappa shape index (κ3) is 2.69. The van der Waals surface area contributed by atoms with Crippen LogP contribution < -0.4 is 16.0 Å². The van der Waals surface area contributed by atoms with Crippen molar-refractivity contribution < 1.29 is 14.3 Å². The van der Waals surface area contributed by atoms with Gasteiger partial charge in [0, 0.05) is 19.2 Å². The molecule has 2 amide bonds. The lowest BCUT2D eigenvalue weighted by Crippen LogP contribution is -2.61. The van der Waals surface area contributed by atoms with Crippen molar-refractivity contribution in [1.29, 1.82) is 0 Å². The molecule has 1 aliphatic carbocycles. The summed E-state index contributed by atoms with van der Waals surface area (Å²) in [4.78, 5) is 25.6. The van der Waals surface area contributed by atoms with E-state index in [1.165, 1.54) is 0 Å². The van der Waals surface area contributed by atoms with Crippen molar-refractivity contribution in [1.82, 2.24) is 16.0 Å². The van der Waals surface area contributed by atoms with Gasteiger partial charge in [-0.15, -0.1) is 0 Å². The maximum atomic E-state index is 12.8. The van der Waals surface area contributed by atoms with Crippen LogP contribution in [-0.4, -0.2) is 49.7 Å². The largest absolute Gasteiger partial charge is 0.365 e. The lowest BCUT2D eigenvalue weighted by Gasteiger charge is -2.47. The molecule has 2 aromatic carbocycles. The first-order chi connectivity index (χ1) is 14.0. The SMILES string of the molecule is CNC(=O)C12CC(CNC(=O)c3ccc4ccccc4c3)(C1)OC21CCNCC1. The van der Waals surface area contributed by atoms with E-state index >= 15 is 0 Å². The fraction of sp³-hybridized carbons (Fsp3) is 0.478. The Morgan fingerprint density at radius 1 is 1.07 bits per heavy atom. The van der Waals surface area contributed by atoms with E-state index in [1.54, 1.807) is 7.05 Å². The number of hydrogen-bond acceptors (Lipinski definition) is 4. The second-order valence-electron chi connectivity index (χ2n) is 8.79. The van der Waals surface area contributed by atoms with Crippen molar-refractivity contribution in [3.63, 3.8) is 0 Å². The molecular weight excluding hydrogens is 366 g/mol. The van der Waals surface area contributed by atoms with Gasteiger partial charge in [-0.2, -0.15) is 0 Å². The summed E-state index contributed by atoms with van der Waals surface area (Å²) in [5, 5.41) is 11.5. The van der Waals surface area contributed by atoms with E-state index in [2.05, 4.69) is 16.0 Å². The number of ether oxygens (including phenoxy) is 1. The second kappa shape index (κ2) is 6.54. The van der Waals surface area contributed by atoms with Gasteiger partial charge in [0.1, 0.15) is 0 Å². The van der Waals surface area contributed by atoms with E-state index < -0.39 is 16.6 Å². The Hall–Kier alpha value is -2.44. The Morgan fingerprint density at radius 2 is 1.79 bits per heavy atom. The van der Waals surface area contributed by atoms with E-state index in [4.69, 9.17) is 4.74 Å². The minimum atomic E-state index is -0.461. The van der Waals surface area contributed by atoms with Crippen molar-refractivity contribution in [3.8, 4) is 0 Å². The average Bonchev–Trinajstić information content (AvgIpc) is 3.15. The van der Waals surface area contributed by atoms with Gasteiger partial charge in [0.05, 0.1) is 16.6 Å². The first kappa shape index (κ1) is 18.6. The lowest BCUT2D eigenvalue weighted by atomic mass is 9.53. The van der Waals surface area contributed by atoms with Crippen LogP contribution >= 0.6 is 0 Å². The Morgan fingerprint density at radius 3 is 2.52 bits per heavy atom. The molecule has 152 valence electrons. The first-order valence-corrected chi connectivity index (χ1v) is 10.4. The molecule has 2 aromatic rings. The molecule has 3 aliphatic heterocycles. The van der Waals surface area contributed by atoms with Crippen LogP contribution in [0.25, 0.3) is 10.8 Å². The van der Waals surface area contributed by atoms with Gasteiger partial charge in [-0.25, -0.2) is 0 Å². The monoisotopic (exact) mass is 393 g/mol. The number of nitrogens with one attached hydrogen (secondary N) is 3. The van der Waals surface area contributed by atoms with Crippen molar-refractivity contribution in [2.24, 2.45) is 5.41 Å². The molecule has 0 atom stereocenters. The Labute approximate surface area is 170 Å². The van der Waals surface area contributed by atoms with Gasteiger partial charge in [-0.3, -0.25) is 9.59 Å². The first-order valence-electron chi connectivity index (χ1n) is 10.4. The summed E-state index contributed by atoms with van der Waals surface area (Å²) in [7, 11) is 1.70. The molecule has 0 unspecified atom stereocenters. The van der Waals surface area contributed by atoms with Crippen LogP contribution in [-0.2, 0) is 9.53 Å².